The van der Waals surface area contributed by atoms with E-state index in [9.17, 15) is 0 Å². The highest BCUT2D eigenvalue weighted by Crippen LogP contribution is 2.17. The molecule has 0 unspecified atom stereocenters. The van der Waals surface area contributed by atoms with Crippen molar-refractivity contribution < 1.29 is 0 Å². The maximum atomic E-state index is 3.87. The molecule has 3 heteroatoms. The predicted molar refractivity (Wildman–Crippen MR) is 61.2 cm³/mol. The zero-order valence-corrected chi connectivity index (χ0v) is 9.94. The van der Waals surface area contributed by atoms with Gasteiger partial charge in [0, 0.05) is 11.0 Å². The molecule has 0 spiro atoms. The number of piperidine rings is 1. The zero-order chi connectivity index (χ0) is 9.68. The fourth-order valence-corrected chi connectivity index (χ4v) is 2.23. The number of hydrogen-bond donors (Lipinski definition) is 1. The van der Waals surface area contributed by atoms with Gasteiger partial charge in [-0.2, -0.15) is 0 Å². The minimum absolute atomic E-state index is 0.879. The van der Waals surface area contributed by atoms with Gasteiger partial charge >= 0.3 is 0 Å². The molecular weight excluding hydrogens is 228 g/mol. The Morgan fingerprint density at radius 3 is 2.62 bits per heavy atom. The Hall–Kier alpha value is 0.140. The molecule has 0 bridgehead atoms. The Labute approximate surface area is 89.5 Å². The van der Waals surface area contributed by atoms with E-state index in [0.29, 0.717) is 0 Å². The van der Waals surface area contributed by atoms with Gasteiger partial charge in [-0.3, -0.25) is 4.90 Å². The van der Waals surface area contributed by atoms with Crippen LogP contribution in [0.3, 0.4) is 0 Å². The van der Waals surface area contributed by atoms with E-state index >= 15 is 0 Å². The van der Waals surface area contributed by atoms with Crippen LogP contribution in [-0.2, 0) is 0 Å². The van der Waals surface area contributed by atoms with E-state index in [1.54, 1.807) is 0 Å². The van der Waals surface area contributed by atoms with Gasteiger partial charge in [0.25, 0.3) is 0 Å². The van der Waals surface area contributed by atoms with Crippen molar-refractivity contribution in [3.8, 4) is 0 Å². The third kappa shape index (κ3) is 4.25. The fourth-order valence-electron chi connectivity index (χ4n) is 1.88. The van der Waals surface area contributed by atoms with E-state index in [4.69, 9.17) is 0 Å². The maximum Gasteiger partial charge on any atom is 0.0293 e. The summed E-state index contributed by atoms with van der Waals surface area (Å²) in [6.07, 6.45) is 2.64. The molecule has 2 nitrogen and oxygen atoms in total. The quantitative estimate of drug-likeness (QED) is 0.815. The van der Waals surface area contributed by atoms with Gasteiger partial charge in [0.2, 0.25) is 0 Å². The molecule has 0 aromatic rings. The molecule has 1 N–H and O–H groups in total. The average molecular weight is 247 g/mol. The summed E-state index contributed by atoms with van der Waals surface area (Å²) in [5.74, 6) is 0.879. The Bertz CT molecular complexity index is 162. The normalized spacial score (nSPS) is 20.5. The number of nitrogens with zero attached hydrogens (tertiary/aromatic N) is 1. The molecule has 1 rings (SSSR count). The molecule has 13 heavy (non-hydrogen) atoms. The average Bonchev–Trinajstić information content (AvgIpc) is 2.08. The molecule has 1 saturated heterocycles. The molecule has 76 valence electrons. The van der Waals surface area contributed by atoms with Gasteiger partial charge < -0.3 is 5.32 Å². The first-order valence-electron chi connectivity index (χ1n) is 4.92. The summed E-state index contributed by atoms with van der Waals surface area (Å²) in [7, 11) is 2.03. The van der Waals surface area contributed by atoms with Crippen LogP contribution in [0.15, 0.2) is 11.1 Å². The summed E-state index contributed by atoms with van der Waals surface area (Å²) in [4.78, 5) is 2.46. The van der Waals surface area contributed by atoms with E-state index < -0.39 is 0 Å². The highest BCUT2D eigenvalue weighted by Gasteiger charge is 2.18. The first-order valence-corrected chi connectivity index (χ1v) is 5.72. The van der Waals surface area contributed by atoms with Gasteiger partial charge in [-0.1, -0.05) is 22.5 Å². The van der Waals surface area contributed by atoms with E-state index in [0.717, 1.165) is 16.9 Å². The number of nitrogens with one attached hydrogen (secondary N) is 1. The standard InChI is InChI=1S/C10H19BrN2/c1-9(11)8-13-5-3-10(4-6-13)7-12-2/h10,12H,1,3-8H2,2H3. The zero-order valence-electron chi connectivity index (χ0n) is 8.35. The van der Waals surface area contributed by atoms with Crippen LogP contribution in [0.2, 0.25) is 0 Å². The van der Waals surface area contributed by atoms with Crippen LogP contribution < -0.4 is 5.32 Å². The molecule has 1 aliphatic heterocycles. The molecule has 0 atom stereocenters. The van der Waals surface area contributed by atoms with Gasteiger partial charge in [-0.15, -0.1) is 0 Å². The minimum Gasteiger partial charge on any atom is -0.319 e. The smallest absolute Gasteiger partial charge is 0.0293 e. The second kappa shape index (κ2) is 5.78. The van der Waals surface area contributed by atoms with E-state index in [1.165, 1.54) is 32.5 Å². The van der Waals surface area contributed by atoms with Crippen LogP contribution >= 0.6 is 15.9 Å². The molecule has 0 aromatic heterocycles. The summed E-state index contributed by atoms with van der Waals surface area (Å²) < 4.78 is 1.10. The predicted octanol–water partition coefficient (Wildman–Crippen LogP) is 1.83. The number of likely N-dealkylation sites (tertiary alicyclic amines) is 1. The molecular formula is C10H19BrN2. The second-order valence-electron chi connectivity index (χ2n) is 3.79. The lowest BCUT2D eigenvalue weighted by atomic mass is 9.97. The van der Waals surface area contributed by atoms with Gasteiger partial charge in [0.1, 0.15) is 0 Å². The van der Waals surface area contributed by atoms with Crippen molar-refractivity contribution in [3.63, 3.8) is 0 Å². The summed E-state index contributed by atoms with van der Waals surface area (Å²) in [6, 6.07) is 0. The van der Waals surface area contributed by atoms with Crippen LogP contribution in [-0.4, -0.2) is 38.1 Å². The summed E-state index contributed by atoms with van der Waals surface area (Å²) in [5.41, 5.74) is 0. The Kier molecular flexibility index (Phi) is 4.99. The van der Waals surface area contributed by atoms with E-state index in [1.807, 2.05) is 7.05 Å². The highest BCUT2D eigenvalue weighted by atomic mass is 79.9. The minimum atomic E-state index is 0.879. The molecule has 1 heterocycles. The van der Waals surface area contributed by atoms with Crippen LogP contribution in [0.25, 0.3) is 0 Å². The number of hydrogen-bond acceptors (Lipinski definition) is 2. The number of rotatable bonds is 4. The summed E-state index contributed by atoms with van der Waals surface area (Å²) in [5, 5.41) is 3.25. The number of halogens is 1. The lowest BCUT2D eigenvalue weighted by Gasteiger charge is -2.31. The molecule has 0 aromatic carbocycles. The monoisotopic (exact) mass is 246 g/mol. The van der Waals surface area contributed by atoms with Gasteiger partial charge in [0.05, 0.1) is 0 Å². The Morgan fingerprint density at radius 1 is 1.54 bits per heavy atom. The topological polar surface area (TPSA) is 15.3 Å². The molecule has 0 amide bonds. The lowest BCUT2D eigenvalue weighted by Crippen LogP contribution is -2.37. The molecule has 0 aliphatic carbocycles. The molecule has 1 fully saturated rings. The van der Waals surface area contributed by atoms with Crippen LogP contribution in [0.5, 0.6) is 0 Å². The first-order chi connectivity index (χ1) is 6.22. The maximum absolute atomic E-state index is 3.87. The van der Waals surface area contributed by atoms with Gasteiger partial charge in [0.15, 0.2) is 0 Å². The van der Waals surface area contributed by atoms with Crippen molar-refractivity contribution in [1.82, 2.24) is 10.2 Å². The molecule has 1 aliphatic rings. The van der Waals surface area contributed by atoms with Crippen LogP contribution in [0.4, 0.5) is 0 Å². The summed E-state index contributed by atoms with van der Waals surface area (Å²) >= 11 is 3.41. The third-order valence-electron chi connectivity index (χ3n) is 2.60. The highest BCUT2D eigenvalue weighted by molar-refractivity contribution is 9.11. The third-order valence-corrected chi connectivity index (χ3v) is 2.85. The SMILES string of the molecule is C=C(Br)CN1CCC(CNC)CC1. The van der Waals surface area contributed by atoms with Crippen LogP contribution in [0.1, 0.15) is 12.8 Å². The molecule has 0 saturated carbocycles. The van der Waals surface area contributed by atoms with Crippen molar-refractivity contribution in [3.05, 3.63) is 11.1 Å². The van der Waals surface area contributed by atoms with Crippen molar-refractivity contribution in [2.45, 2.75) is 12.8 Å². The van der Waals surface area contributed by atoms with Crippen molar-refractivity contribution in [1.29, 1.82) is 0 Å². The second-order valence-corrected chi connectivity index (χ2v) is 4.92. The summed E-state index contributed by atoms with van der Waals surface area (Å²) in [6.45, 7) is 8.48. The lowest BCUT2D eigenvalue weighted by molar-refractivity contribution is 0.199. The fraction of sp³-hybridized carbons (Fsp3) is 0.800. The van der Waals surface area contributed by atoms with Crippen molar-refractivity contribution >= 4 is 15.9 Å². The first kappa shape index (κ1) is 11.2. The van der Waals surface area contributed by atoms with Gasteiger partial charge in [-0.05, 0) is 45.4 Å². The van der Waals surface area contributed by atoms with E-state index in [2.05, 4.69) is 32.7 Å². The van der Waals surface area contributed by atoms with Crippen molar-refractivity contribution in [2.24, 2.45) is 5.92 Å². The van der Waals surface area contributed by atoms with Crippen LogP contribution in [0, 0.1) is 5.92 Å². The largest absolute Gasteiger partial charge is 0.319 e. The Morgan fingerprint density at radius 2 is 2.15 bits per heavy atom. The van der Waals surface area contributed by atoms with Gasteiger partial charge in [-0.25, -0.2) is 0 Å². The van der Waals surface area contributed by atoms with Crippen molar-refractivity contribution in [2.75, 3.05) is 33.2 Å². The van der Waals surface area contributed by atoms with E-state index in [-0.39, 0.29) is 0 Å². The molecule has 0 radical (unpaired) electrons. The Balaban J connectivity index is 2.18.